The lowest BCUT2D eigenvalue weighted by molar-refractivity contribution is -0.384. The lowest BCUT2D eigenvalue weighted by Crippen LogP contribution is -1.92. The zero-order valence-electron chi connectivity index (χ0n) is 11.7. The maximum atomic E-state index is 10.7. The standard InChI is InChI=1S/C15H12N4O2S/c1-10-2-7-14(16-8-10)18-15-17-13(9-22-15)11-3-5-12(6-4-11)19(20)21/h2-9H,1H3,(H,16,17,18). The molecule has 0 aliphatic heterocycles. The number of hydrogen-bond donors (Lipinski definition) is 1. The molecule has 110 valence electrons. The summed E-state index contributed by atoms with van der Waals surface area (Å²) in [5.74, 6) is 0.732. The smallest absolute Gasteiger partial charge is 0.269 e. The number of aromatic nitrogens is 2. The predicted molar refractivity (Wildman–Crippen MR) is 86.5 cm³/mol. The van der Waals surface area contributed by atoms with Crippen LogP contribution in [0.25, 0.3) is 11.3 Å². The van der Waals surface area contributed by atoms with Crippen molar-refractivity contribution in [2.45, 2.75) is 6.92 Å². The summed E-state index contributed by atoms with van der Waals surface area (Å²) in [5.41, 5.74) is 2.78. The van der Waals surface area contributed by atoms with Crippen molar-refractivity contribution in [2.24, 2.45) is 0 Å². The van der Waals surface area contributed by atoms with Gasteiger partial charge in [-0.3, -0.25) is 10.1 Å². The molecule has 0 saturated heterocycles. The van der Waals surface area contributed by atoms with Gasteiger partial charge in [-0.2, -0.15) is 0 Å². The first kappa shape index (κ1) is 14.2. The zero-order valence-corrected chi connectivity index (χ0v) is 12.5. The SMILES string of the molecule is Cc1ccc(Nc2nc(-c3ccc([N+](=O)[O-])cc3)cs2)nc1. The van der Waals surface area contributed by atoms with Gasteiger partial charge < -0.3 is 5.32 Å². The van der Waals surface area contributed by atoms with E-state index >= 15 is 0 Å². The Labute approximate surface area is 130 Å². The molecule has 0 bridgehead atoms. The van der Waals surface area contributed by atoms with Crippen molar-refractivity contribution in [1.82, 2.24) is 9.97 Å². The van der Waals surface area contributed by atoms with Gasteiger partial charge in [-0.05, 0) is 30.7 Å². The molecule has 1 N–H and O–H groups in total. The first-order valence-corrected chi connectivity index (χ1v) is 7.40. The third-order valence-electron chi connectivity index (χ3n) is 3.02. The molecule has 7 heteroatoms. The van der Waals surface area contributed by atoms with Gasteiger partial charge in [0.1, 0.15) is 5.82 Å². The van der Waals surface area contributed by atoms with Crippen molar-refractivity contribution >= 4 is 28.0 Å². The highest BCUT2D eigenvalue weighted by Gasteiger charge is 2.08. The van der Waals surface area contributed by atoms with Crippen molar-refractivity contribution in [2.75, 3.05) is 5.32 Å². The largest absolute Gasteiger partial charge is 0.316 e. The summed E-state index contributed by atoms with van der Waals surface area (Å²) >= 11 is 1.46. The Morgan fingerprint density at radius 1 is 1.18 bits per heavy atom. The molecule has 0 unspecified atom stereocenters. The molecular weight excluding hydrogens is 300 g/mol. The molecule has 3 rings (SSSR count). The number of pyridine rings is 1. The van der Waals surface area contributed by atoms with Crippen LogP contribution in [0.1, 0.15) is 5.56 Å². The fourth-order valence-corrected chi connectivity index (χ4v) is 2.60. The average Bonchev–Trinajstić information content (AvgIpc) is 2.98. The molecule has 3 aromatic rings. The Morgan fingerprint density at radius 3 is 2.59 bits per heavy atom. The number of nitro benzene ring substituents is 1. The average molecular weight is 312 g/mol. The summed E-state index contributed by atoms with van der Waals surface area (Å²) in [6.45, 7) is 1.98. The van der Waals surface area contributed by atoms with E-state index in [4.69, 9.17) is 0 Å². The highest BCUT2D eigenvalue weighted by molar-refractivity contribution is 7.14. The van der Waals surface area contributed by atoms with E-state index in [-0.39, 0.29) is 5.69 Å². The van der Waals surface area contributed by atoms with Gasteiger partial charge in [-0.15, -0.1) is 11.3 Å². The van der Waals surface area contributed by atoms with E-state index in [0.29, 0.717) is 0 Å². The summed E-state index contributed by atoms with van der Waals surface area (Å²) in [5, 5.41) is 16.4. The lowest BCUT2D eigenvalue weighted by atomic mass is 10.1. The number of nitrogens with one attached hydrogen (secondary N) is 1. The van der Waals surface area contributed by atoms with E-state index in [1.807, 2.05) is 24.4 Å². The number of nitro groups is 1. The molecule has 6 nitrogen and oxygen atoms in total. The Hall–Kier alpha value is -2.80. The van der Waals surface area contributed by atoms with E-state index in [2.05, 4.69) is 15.3 Å². The van der Waals surface area contributed by atoms with Gasteiger partial charge >= 0.3 is 0 Å². The van der Waals surface area contributed by atoms with Crippen LogP contribution >= 0.6 is 11.3 Å². The van der Waals surface area contributed by atoms with Crippen LogP contribution in [0.2, 0.25) is 0 Å². The molecule has 1 aromatic carbocycles. The highest BCUT2D eigenvalue weighted by atomic mass is 32.1. The van der Waals surface area contributed by atoms with Crippen LogP contribution in [0.5, 0.6) is 0 Å². The van der Waals surface area contributed by atoms with Crippen molar-refractivity contribution in [3.63, 3.8) is 0 Å². The molecule has 0 atom stereocenters. The second kappa shape index (κ2) is 5.90. The Kier molecular flexibility index (Phi) is 3.80. The van der Waals surface area contributed by atoms with Crippen LogP contribution in [0.3, 0.4) is 0 Å². The minimum atomic E-state index is -0.416. The van der Waals surface area contributed by atoms with Crippen molar-refractivity contribution in [3.8, 4) is 11.3 Å². The second-order valence-electron chi connectivity index (χ2n) is 4.69. The minimum absolute atomic E-state index is 0.0705. The van der Waals surface area contributed by atoms with Crippen LogP contribution in [-0.4, -0.2) is 14.9 Å². The summed E-state index contributed by atoms with van der Waals surface area (Å²) in [7, 11) is 0. The lowest BCUT2D eigenvalue weighted by Gasteiger charge is -2.01. The normalized spacial score (nSPS) is 10.4. The molecule has 0 aliphatic carbocycles. The number of benzene rings is 1. The molecule has 2 heterocycles. The number of nitrogens with zero attached hydrogens (tertiary/aromatic N) is 3. The first-order valence-electron chi connectivity index (χ1n) is 6.52. The van der Waals surface area contributed by atoms with Gasteiger partial charge in [0, 0.05) is 29.3 Å². The third kappa shape index (κ3) is 3.09. The molecule has 0 fully saturated rings. The van der Waals surface area contributed by atoms with E-state index in [1.165, 1.54) is 23.5 Å². The van der Waals surface area contributed by atoms with Crippen LogP contribution in [0, 0.1) is 17.0 Å². The molecule has 0 radical (unpaired) electrons. The minimum Gasteiger partial charge on any atom is -0.316 e. The fourth-order valence-electron chi connectivity index (χ4n) is 1.87. The van der Waals surface area contributed by atoms with Gasteiger partial charge in [0.25, 0.3) is 5.69 Å². The molecular formula is C15H12N4O2S. The summed E-state index contributed by atoms with van der Waals surface area (Å²) in [4.78, 5) is 19.0. The fraction of sp³-hybridized carbons (Fsp3) is 0.0667. The van der Waals surface area contributed by atoms with Crippen LogP contribution in [0.15, 0.2) is 48.0 Å². The molecule has 0 amide bonds. The van der Waals surface area contributed by atoms with Crippen molar-refractivity contribution < 1.29 is 4.92 Å². The first-order chi connectivity index (χ1) is 10.6. The second-order valence-corrected chi connectivity index (χ2v) is 5.55. The van der Waals surface area contributed by atoms with Gasteiger partial charge in [-0.25, -0.2) is 9.97 Å². The Bertz CT molecular complexity index is 797. The molecule has 2 aromatic heterocycles. The van der Waals surface area contributed by atoms with Gasteiger partial charge in [0.2, 0.25) is 0 Å². The van der Waals surface area contributed by atoms with E-state index in [9.17, 15) is 10.1 Å². The molecule has 0 spiro atoms. The van der Waals surface area contributed by atoms with E-state index in [1.54, 1.807) is 18.3 Å². The van der Waals surface area contributed by atoms with Gasteiger partial charge in [0.05, 0.1) is 10.6 Å². The highest BCUT2D eigenvalue weighted by Crippen LogP contribution is 2.27. The number of thiazole rings is 1. The van der Waals surface area contributed by atoms with E-state index in [0.717, 1.165) is 27.8 Å². The summed E-state index contributed by atoms with van der Waals surface area (Å²) < 4.78 is 0. The summed E-state index contributed by atoms with van der Waals surface area (Å²) in [6.07, 6.45) is 1.78. The third-order valence-corrected chi connectivity index (χ3v) is 3.78. The number of non-ortho nitro benzene ring substituents is 1. The summed E-state index contributed by atoms with van der Waals surface area (Å²) in [6, 6.07) is 10.2. The van der Waals surface area contributed by atoms with Crippen molar-refractivity contribution in [1.29, 1.82) is 0 Å². The maximum absolute atomic E-state index is 10.7. The van der Waals surface area contributed by atoms with Crippen LogP contribution < -0.4 is 5.32 Å². The molecule has 0 aliphatic rings. The monoisotopic (exact) mass is 312 g/mol. The maximum Gasteiger partial charge on any atom is 0.269 e. The Balaban J connectivity index is 1.78. The number of hydrogen-bond acceptors (Lipinski definition) is 6. The van der Waals surface area contributed by atoms with Crippen molar-refractivity contribution in [3.05, 3.63) is 63.7 Å². The Morgan fingerprint density at radius 2 is 1.95 bits per heavy atom. The molecule has 0 saturated carbocycles. The van der Waals surface area contributed by atoms with Gasteiger partial charge in [-0.1, -0.05) is 6.07 Å². The number of aryl methyl sites for hydroxylation is 1. The predicted octanol–water partition coefficient (Wildman–Crippen LogP) is 4.17. The van der Waals surface area contributed by atoms with Gasteiger partial charge in [0.15, 0.2) is 5.13 Å². The molecule has 22 heavy (non-hydrogen) atoms. The number of rotatable bonds is 4. The van der Waals surface area contributed by atoms with E-state index < -0.39 is 4.92 Å². The van der Waals surface area contributed by atoms with Crippen LogP contribution in [-0.2, 0) is 0 Å². The van der Waals surface area contributed by atoms with Crippen LogP contribution in [0.4, 0.5) is 16.6 Å². The number of anilines is 2. The quantitative estimate of drug-likeness (QED) is 0.577. The zero-order chi connectivity index (χ0) is 15.5. The topological polar surface area (TPSA) is 81.0 Å².